The molecule has 15 heteroatoms. The Bertz CT molecular complexity index is 1390. The average Bonchev–Trinajstić information content (AvgIpc) is 3.53. The number of alkyl halides is 2. The molecule has 2 aliphatic rings. The topological polar surface area (TPSA) is 143 Å². The summed E-state index contributed by atoms with van der Waals surface area (Å²) >= 11 is 0.996. The number of thiophene rings is 1. The lowest BCUT2D eigenvalue weighted by molar-refractivity contribution is -0.152. The van der Waals surface area contributed by atoms with E-state index in [1.807, 2.05) is 0 Å². The van der Waals surface area contributed by atoms with Crippen LogP contribution in [0.5, 0.6) is 0 Å². The van der Waals surface area contributed by atoms with Gasteiger partial charge in [0.1, 0.15) is 12.1 Å². The Morgan fingerprint density at radius 1 is 1.15 bits per heavy atom. The maximum absolute atomic E-state index is 15.3. The highest BCUT2D eigenvalue weighted by atomic mass is 32.1. The molecule has 3 heterocycles. The van der Waals surface area contributed by atoms with Crippen molar-refractivity contribution < 1.29 is 46.7 Å². The third kappa shape index (κ3) is 6.01. The number of hydrogen-bond acceptors (Lipinski definition) is 8. The van der Waals surface area contributed by atoms with Crippen LogP contribution >= 0.6 is 18.9 Å². The molecule has 41 heavy (non-hydrogen) atoms. The molecule has 2 aromatic rings. The predicted octanol–water partition coefficient (Wildman–Crippen LogP) is 4.01. The minimum absolute atomic E-state index is 0.107. The maximum Gasteiger partial charge on any atom is 0.404 e. The van der Waals surface area contributed by atoms with Crippen LogP contribution in [-0.4, -0.2) is 83.0 Å². The van der Waals surface area contributed by atoms with Crippen LogP contribution in [0.25, 0.3) is 10.1 Å². The van der Waals surface area contributed by atoms with Crippen LogP contribution in [-0.2, 0) is 33.7 Å². The number of benzene rings is 1. The molecule has 1 aromatic heterocycles. The summed E-state index contributed by atoms with van der Waals surface area (Å²) in [6, 6.07) is 2.33. The van der Waals surface area contributed by atoms with Gasteiger partial charge in [-0.15, -0.1) is 11.3 Å². The van der Waals surface area contributed by atoms with Gasteiger partial charge in [-0.1, -0.05) is 6.07 Å². The van der Waals surface area contributed by atoms with E-state index in [0.717, 1.165) is 23.5 Å². The zero-order valence-corrected chi connectivity index (χ0v) is 24.5. The van der Waals surface area contributed by atoms with Gasteiger partial charge in [0, 0.05) is 36.3 Å². The molecule has 2 fully saturated rings. The molecule has 2 N–H and O–H groups in total. The molecule has 3 amide bonds. The summed E-state index contributed by atoms with van der Waals surface area (Å²) in [5, 5.41) is 12.6. The molecule has 0 saturated carbocycles. The van der Waals surface area contributed by atoms with Gasteiger partial charge in [-0.3, -0.25) is 18.9 Å². The summed E-state index contributed by atoms with van der Waals surface area (Å²) in [4.78, 5) is 53.7. The van der Waals surface area contributed by atoms with E-state index in [4.69, 9.17) is 9.05 Å². The number of carbonyl (C=O) groups is 4. The van der Waals surface area contributed by atoms with E-state index >= 15 is 8.78 Å². The SMILES string of the molecule is CCOP(=O)(OCC)C(F)(F)c1ccc2sc(C(=O)N[C@H]3CN(C(C)=O)CC[C@H]4CC[C@@H](C(=O)O)N4C3=O)cc2c1. The number of carbonyl (C=O) groups excluding carboxylic acids is 3. The zero-order valence-electron chi connectivity index (χ0n) is 22.8. The number of halogens is 2. The molecule has 11 nitrogen and oxygen atoms in total. The minimum atomic E-state index is -4.83. The number of fused-ring (bicyclic) bond motifs is 2. The summed E-state index contributed by atoms with van der Waals surface area (Å²) in [5.74, 6) is -2.70. The zero-order chi connectivity index (χ0) is 30.1. The number of carboxylic acids is 1. The van der Waals surface area contributed by atoms with Crippen LogP contribution in [0, 0.1) is 0 Å². The predicted molar refractivity (Wildman–Crippen MR) is 146 cm³/mol. The highest BCUT2D eigenvalue weighted by Gasteiger charge is 2.55. The van der Waals surface area contributed by atoms with Crippen molar-refractivity contribution in [2.24, 2.45) is 0 Å². The van der Waals surface area contributed by atoms with Gasteiger partial charge in [0.2, 0.25) is 11.8 Å². The number of nitrogens with one attached hydrogen (secondary N) is 1. The van der Waals surface area contributed by atoms with Gasteiger partial charge in [-0.05, 0) is 56.7 Å². The van der Waals surface area contributed by atoms with E-state index < -0.39 is 48.7 Å². The van der Waals surface area contributed by atoms with Crippen molar-refractivity contribution in [3.8, 4) is 0 Å². The first kappa shape index (κ1) is 31.0. The number of carboxylic acid groups (broad SMARTS) is 1. The Morgan fingerprint density at radius 2 is 1.83 bits per heavy atom. The largest absolute Gasteiger partial charge is 0.480 e. The molecule has 1 aromatic carbocycles. The lowest BCUT2D eigenvalue weighted by Gasteiger charge is -2.37. The van der Waals surface area contributed by atoms with Gasteiger partial charge in [-0.25, -0.2) is 4.79 Å². The average molecular weight is 616 g/mol. The Balaban J connectivity index is 1.62. The molecule has 3 atom stereocenters. The maximum atomic E-state index is 15.3. The molecule has 4 rings (SSSR count). The Labute approximate surface area is 239 Å². The minimum Gasteiger partial charge on any atom is -0.480 e. The van der Waals surface area contributed by atoms with Gasteiger partial charge in [0.05, 0.1) is 18.1 Å². The fourth-order valence-electron chi connectivity index (χ4n) is 5.28. The van der Waals surface area contributed by atoms with Crippen molar-refractivity contribution in [1.82, 2.24) is 15.1 Å². The molecule has 224 valence electrons. The molecule has 0 spiro atoms. The lowest BCUT2D eigenvalue weighted by atomic mass is 10.1. The number of amides is 3. The second kappa shape index (κ2) is 12.1. The normalized spacial score (nSPS) is 21.9. The number of aliphatic carboxylic acids is 1. The molecule has 0 unspecified atom stereocenters. The van der Waals surface area contributed by atoms with Crippen molar-refractivity contribution in [3.63, 3.8) is 0 Å². The van der Waals surface area contributed by atoms with E-state index in [0.29, 0.717) is 24.1 Å². The third-order valence-electron chi connectivity index (χ3n) is 7.26. The second-order valence-electron chi connectivity index (χ2n) is 9.85. The van der Waals surface area contributed by atoms with Crippen LogP contribution < -0.4 is 5.32 Å². The highest BCUT2D eigenvalue weighted by Crippen LogP contribution is 2.67. The summed E-state index contributed by atoms with van der Waals surface area (Å²) in [5.41, 5.74) is -4.56. The van der Waals surface area contributed by atoms with Crippen molar-refractivity contribution in [2.75, 3.05) is 26.3 Å². The molecule has 2 saturated heterocycles. The van der Waals surface area contributed by atoms with E-state index in [1.54, 1.807) is 0 Å². The fraction of sp³-hybridized carbons (Fsp3) is 0.538. The van der Waals surface area contributed by atoms with Crippen LogP contribution in [0.15, 0.2) is 24.3 Å². The molecular weight excluding hydrogens is 583 g/mol. The second-order valence-corrected chi connectivity index (χ2v) is 13.0. The monoisotopic (exact) mass is 615 g/mol. The Hall–Kier alpha value is -2.93. The number of nitrogens with zero attached hydrogens (tertiary/aromatic N) is 2. The first-order valence-corrected chi connectivity index (χ1v) is 15.6. The summed E-state index contributed by atoms with van der Waals surface area (Å²) in [6.07, 6.45) is 1.17. The number of rotatable bonds is 9. The number of hydrogen-bond donors (Lipinski definition) is 2. The van der Waals surface area contributed by atoms with Crippen LogP contribution in [0.3, 0.4) is 0 Å². The van der Waals surface area contributed by atoms with Gasteiger partial charge >= 0.3 is 19.2 Å². The highest BCUT2D eigenvalue weighted by molar-refractivity contribution is 7.54. The van der Waals surface area contributed by atoms with Gasteiger partial charge in [-0.2, -0.15) is 8.78 Å². The smallest absolute Gasteiger partial charge is 0.404 e. The molecule has 0 aliphatic carbocycles. The van der Waals surface area contributed by atoms with Gasteiger partial charge < -0.3 is 29.3 Å². The summed E-state index contributed by atoms with van der Waals surface area (Å²) in [7, 11) is -4.83. The van der Waals surface area contributed by atoms with Crippen molar-refractivity contribution >= 4 is 52.7 Å². The van der Waals surface area contributed by atoms with Crippen LogP contribution in [0.4, 0.5) is 8.78 Å². The fourth-order valence-corrected chi connectivity index (χ4v) is 7.76. The van der Waals surface area contributed by atoms with Crippen molar-refractivity contribution in [2.45, 2.75) is 63.8 Å². The molecule has 2 aliphatic heterocycles. The Morgan fingerprint density at radius 3 is 2.44 bits per heavy atom. The lowest BCUT2D eigenvalue weighted by Crippen LogP contribution is -2.60. The quantitative estimate of drug-likeness (QED) is 0.403. The first-order chi connectivity index (χ1) is 19.3. The third-order valence-corrected chi connectivity index (χ3v) is 10.5. The van der Waals surface area contributed by atoms with Gasteiger partial charge in [0.15, 0.2) is 0 Å². The Kier molecular flexibility index (Phi) is 9.17. The molecular formula is C26H32F2N3O8PS. The van der Waals surface area contributed by atoms with E-state index in [2.05, 4.69) is 5.32 Å². The standard InChI is InChI=1S/C26H32F2N3O8PS/c1-4-38-40(37,39-5-2)26(27,28)17-6-9-21-16(12-17)13-22(41-21)23(33)29-19-14-30(15(3)32)11-10-18-7-8-20(25(35)36)31(18)24(19)34/h6,9,12-13,18-20H,4-5,7-8,10-11,14H2,1-3H3,(H,29,33)(H,35,36)/t18-,19+,20+/m1/s1. The first-order valence-electron chi connectivity index (χ1n) is 13.2. The summed E-state index contributed by atoms with van der Waals surface area (Å²) in [6.45, 7) is 3.88. The van der Waals surface area contributed by atoms with E-state index in [1.165, 1.54) is 42.7 Å². The molecule has 0 bridgehead atoms. The van der Waals surface area contributed by atoms with E-state index in [9.17, 15) is 28.8 Å². The van der Waals surface area contributed by atoms with Crippen LogP contribution in [0.2, 0.25) is 0 Å². The van der Waals surface area contributed by atoms with E-state index in [-0.39, 0.29) is 48.4 Å². The van der Waals surface area contributed by atoms with Crippen molar-refractivity contribution in [1.29, 1.82) is 0 Å². The van der Waals surface area contributed by atoms with Crippen molar-refractivity contribution in [3.05, 3.63) is 34.7 Å². The van der Waals surface area contributed by atoms with Crippen LogP contribution in [0.1, 0.15) is 55.3 Å². The summed E-state index contributed by atoms with van der Waals surface area (Å²) < 4.78 is 53.6. The van der Waals surface area contributed by atoms with Gasteiger partial charge in [0.25, 0.3) is 5.91 Å². The molecule has 0 radical (unpaired) electrons.